The number of nitrogens with one attached hydrogen (secondary N) is 1. The van der Waals surface area contributed by atoms with E-state index in [2.05, 4.69) is 35.2 Å². The summed E-state index contributed by atoms with van der Waals surface area (Å²) >= 11 is 0. The lowest BCUT2D eigenvalue weighted by atomic mass is 10.0. The topological polar surface area (TPSA) is 79.1 Å². The minimum atomic E-state index is -0.719. The van der Waals surface area contributed by atoms with E-state index in [9.17, 15) is 9.50 Å². The molecule has 33 heavy (non-hydrogen) atoms. The van der Waals surface area contributed by atoms with Crippen LogP contribution in [0.4, 0.5) is 10.1 Å². The van der Waals surface area contributed by atoms with Gasteiger partial charge in [0.2, 0.25) is 0 Å². The first-order chi connectivity index (χ1) is 15.9. The number of aromatic hydroxyl groups is 1. The highest BCUT2D eigenvalue weighted by Crippen LogP contribution is 2.45. The number of halogens is 1. The van der Waals surface area contributed by atoms with Gasteiger partial charge in [-0.3, -0.25) is 4.68 Å². The molecule has 0 unspecified atom stereocenters. The molecule has 0 amide bonds. The zero-order valence-electron chi connectivity index (χ0n) is 19.0. The Kier molecular flexibility index (Phi) is 4.55. The van der Waals surface area contributed by atoms with Gasteiger partial charge in [-0.15, -0.1) is 0 Å². The Hall–Kier alpha value is -3.26. The Balaban J connectivity index is 1.49. The minimum Gasteiger partial charge on any atom is -0.504 e. The predicted molar refractivity (Wildman–Crippen MR) is 127 cm³/mol. The van der Waals surface area contributed by atoms with Crippen molar-refractivity contribution in [1.82, 2.24) is 25.1 Å². The van der Waals surface area contributed by atoms with Crippen molar-refractivity contribution in [3.8, 4) is 17.0 Å². The summed E-state index contributed by atoms with van der Waals surface area (Å²) in [6.07, 6.45) is 5.86. The second kappa shape index (κ2) is 7.38. The van der Waals surface area contributed by atoms with Crippen LogP contribution in [0.1, 0.15) is 38.2 Å². The van der Waals surface area contributed by atoms with E-state index in [4.69, 9.17) is 9.97 Å². The van der Waals surface area contributed by atoms with Crippen LogP contribution in [0.2, 0.25) is 0 Å². The Morgan fingerprint density at radius 3 is 2.61 bits per heavy atom. The standard InChI is InChI=1S/C25H27FN6O/c1-13-10-32(11-14(2)28-13)17-7-19-18(15-4-5-15)8-21(29-25(19)27-9-17)20-6-16-12-31(3)30-23(16)22(26)24(20)33/h6-9,12-15,28,33H,4-5,10-11H2,1-3H3/t13-,14-/m0/s1. The fraction of sp³-hybridized carbons (Fsp3) is 0.400. The van der Waals surface area contributed by atoms with Crippen LogP contribution in [0.15, 0.2) is 30.6 Å². The SMILES string of the molecule is C[C@H]1CN(c2cnc3nc(-c4cc5cn(C)nc5c(F)c4O)cc(C4CC4)c3c2)C[C@H](C)N1. The molecule has 3 aromatic heterocycles. The monoisotopic (exact) mass is 446 g/mol. The highest BCUT2D eigenvalue weighted by Gasteiger charge is 2.29. The molecule has 6 rings (SSSR count). The third-order valence-corrected chi connectivity index (χ3v) is 6.73. The molecular weight excluding hydrogens is 419 g/mol. The summed E-state index contributed by atoms with van der Waals surface area (Å²) in [5.74, 6) is -0.695. The van der Waals surface area contributed by atoms with Gasteiger partial charge in [-0.1, -0.05) is 0 Å². The van der Waals surface area contributed by atoms with Crippen molar-refractivity contribution in [1.29, 1.82) is 0 Å². The summed E-state index contributed by atoms with van der Waals surface area (Å²) in [7, 11) is 1.73. The molecule has 2 N–H and O–H groups in total. The molecule has 7 nitrogen and oxygen atoms in total. The van der Waals surface area contributed by atoms with Crippen LogP contribution >= 0.6 is 0 Å². The molecule has 2 atom stereocenters. The van der Waals surface area contributed by atoms with Crippen LogP contribution < -0.4 is 10.2 Å². The maximum Gasteiger partial charge on any atom is 0.193 e. The second-order valence-corrected chi connectivity index (χ2v) is 9.64. The first-order valence-corrected chi connectivity index (χ1v) is 11.5. The summed E-state index contributed by atoms with van der Waals surface area (Å²) in [6.45, 7) is 6.26. The van der Waals surface area contributed by atoms with E-state index in [1.165, 1.54) is 5.56 Å². The highest BCUT2D eigenvalue weighted by molar-refractivity contribution is 5.91. The fourth-order valence-electron chi connectivity index (χ4n) is 5.13. The van der Waals surface area contributed by atoms with E-state index in [1.54, 1.807) is 24.0 Å². The Labute approximate surface area is 191 Å². The van der Waals surface area contributed by atoms with Crippen LogP contribution in [0.3, 0.4) is 0 Å². The molecule has 0 spiro atoms. The highest BCUT2D eigenvalue weighted by atomic mass is 19.1. The molecule has 1 saturated carbocycles. The molecule has 8 heteroatoms. The summed E-state index contributed by atoms with van der Waals surface area (Å²) in [4.78, 5) is 11.8. The molecule has 2 aliphatic rings. The van der Waals surface area contributed by atoms with Crippen molar-refractivity contribution in [2.45, 2.75) is 44.7 Å². The average molecular weight is 447 g/mol. The summed E-state index contributed by atoms with van der Waals surface area (Å²) in [5, 5.41) is 20.0. The molecule has 1 saturated heterocycles. The Morgan fingerprint density at radius 2 is 1.88 bits per heavy atom. The Bertz CT molecular complexity index is 1390. The van der Waals surface area contributed by atoms with E-state index in [0.717, 1.165) is 37.0 Å². The van der Waals surface area contributed by atoms with E-state index in [0.29, 0.717) is 40.3 Å². The largest absolute Gasteiger partial charge is 0.504 e. The molecule has 170 valence electrons. The zero-order valence-corrected chi connectivity index (χ0v) is 19.0. The van der Waals surface area contributed by atoms with Crippen LogP contribution in [-0.4, -0.2) is 50.0 Å². The number of nitrogens with zero attached hydrogens (tertiary/aromatic N) is 5. The smallest absolute Gasteiger partial charge is 0.193 e. The summed E-state index contributed by atoms with van der Waals surface area (Å²) in [6, 6.07) is 6.78. The van der Waals surface area contributed by atoms with Gasteiger partial charge in [0.25, 0.3) is 0 Å². The number of pyridine rings is 2. The summed E-state index contributed by atoms with van der Waals surface area (Å²) in [5.41, 5.74) is 3.96. The number of phenolic OH excluding ortho intramolecular Hbond substituents is 1. The molecule has 1 aliphatic carbocycles. The molecule has 4 aromatic rings. The van der Waals surface area contributed by atoms with Gasteiger partial charge in [0, 0.05) is 54.8 Å². The van der Waals surface area contributed by atoms with Crippen molar-refractivity contribution in [2.24, 2.45) is 7.05 Å². The molecule has 0 radical (unpaired) electrons. The Morgan fingerprint density at radius 1 is 1.12 bits per heavy atom. The van der Waals surface area contributed by atoms with E-state index < -0.39 is 11.6 Å². The van der Waals surface area contributed by atoms with Gasteiger partial charge < -0.3 is 15.3 Å². The van der Waals surface area contributed by atoms with Gasteiger partial charge in [0.05, 0.1) is 17.6 Å². The number of hydrogen-bond acceptors (Lipinski definition) is 6. The lowest BCUT2D eigenvalue weighted by molar-refractivity contribution is 0.407. The maximum atomic E-state index is 14.9. The first kappa shape index (κ1) is 20.4. The number of aromatic nitrogens is 4. The zero-order chi connectivity index (χ0) is 22.9. The lowest BCUT2D eigenvalue weighted by Gasteiger charge is -2.37. The molecule has 2 fully saturated rings. The third kappa shape index (κ3) is 3.49. The van der Waals surface area contributed by atoms with Gasteiger partial charge in [0.15, 0.2) is 17.2 Å². The van der Waals surface area contributed by atoms with Crippen LogP contribution in [-0.2, 0) is 7.05 Å². The molecule has 1 aromatic carbocycles. The van der Waals surface area contributed by atoms with Crippen molar-refractivity contribution in [2.75, 3.05) is 18.0 Å². The molecule has 4 heterocycles. The van der Waals surface area contributed by atoms with Gasteiger partial charge in [-0.2, -0.15) is 5.10 Å². The van der Waals surface area contributed by atoms with Crippen molar-refractivity contribution < 1.29 is 9.50 Å². The number of piperazine rings is 1. The van der Waals surface area contributed by atoms with Gasteiger partial charge >= 0.3 is 0 Å². The second-order valence-electron chi connectivity index (χ2n) is 9.64. The normalized spacial score (nSPS) is 21.3. The number of benzene rings is 1. The minimum absolute atomic E-state index is 0.157. The van der Waals surface area contributed by atoms with E-state index in [1.807, 2.05) is 12.3 Å². The maximum absolute atomic E-state index is 14.9. The van der Waals surface area contributed by atoms with Crippen LogP contribution in [0, 0.1) is 5.82 Å². The molecule has 1 aliphatic heterocycles. The summed E-state index contributed by atoms with van der Waals surface area (Å²) < 4.78 is 16.4. The predicted octanol–water partition coefficient (Wildman–Crippen LogP) is 4.09. The van der Waals surface area contributed by atoms with E-state index in [-0.39, 0.29) is 5.52 Å². The number of rotatable bonds is 3. The average Bonchev–Trinajstić information content (AvgIpc) is 3.56. The molecular formula is C25H27FN6O. The van der Waals surface area contributed by atoms with E-state index >= 15 is 0 Å². The van der Waals surface area contributed by atoms with Gasteiger partial charge in [-0.25, -0.2) is 14.4 Å². The number of hydrogen-bond donors (Lipinski definition) is 2. The number of aryl methyl sites for hydroxylation is 1. The first-order valence-electron chi connectivity index (χ1n) is 11.5. The lowest BCUT2D eigenvalue weighted by Crippen LogP contribution is -2.54. The van der Waals surface area contributed by atoms with Gasteiger partial charge in [-0.05, 0) is 56.4 Å². The number of fused-ring (bicyclic) bond motifs is 2. The molecule has 0 bridgehead atoms. The van der Waals surface area contributed by atoms with Gasteiger partial charge in [0.1, 0.15) is 5.52 Å². The van der Waals surface area contributed by atoms with Crippen molar-refractivity contribution in [3.63, 3.8) is 0 Å². The third-order valence-electron chi connectivity index (χ3n) is 6.73. The van der Waals surface area contributed by atoms with Crippen LogP contribution in [0.5, 0.6) is 5.75 Å². The van der Waals surface area contributed by atoms with Crippen LogP contribution in [0.25, 0.3) is 33.2 Å². The number of phenols is 1. The number of anilines is 1. The fourth-order valence-corrected chi connectivity index (χ4v) is 5.13. The quantitative estimate of drug-likeness (QED) is 0.494. The van der Waals surface area contributed by atoms with Crippen molar-refractivity contribution >= 4 is 27.6 Å². The van der Waals surface area contributed by atoms with Crippen molar-refractivity contribution in [3.05, 3.63) is 42.0 Å².